The van der Waals surface area contributed by atoms with Crippen molar-refractivity contribution in [3.8, 4) is 0 Å². The zero-order valence-corrected chi connectivity index (χ0v) is 13.0. The molecule has 2 aliphatic rings. The molecule has 0 bridgehead atoms. The molecule has 0 aromatic heterocycles. The highest BCUT2D eigenvalue weighted by Gasteiger charge is 2.42. The van der Waals surface area contributed by atoms with Gasteiger partial charge in [-0.3, -0.25) is 0 Å². The first-order valence-electron chi connectivity index (χ1n) is 7.48. The van der Waals surface area contributed by atoms with E-state index in [0.29, 0.717) is 24.0 Å². The van der Waals surface area contributed by atoms with E-state index in [0.717, 1.165) is 24.8 Å². The summed E-state index contributed by atoms with van der Waals surface area (Å²) in [4.78, 5) is 0.362. The van der Waals surface area contributed by atoms with Crippen molar-refractivity contribution in [2.75, 3.05) is 13.7 Å². The summed E-state index contributed by atoms with van der Waals surface area (Å²) in [6, 6.07) is 7.03. The van der Waals surface area contributed by atoms with Crippen molar-refractivity contribution in [1.29, 1.82) is 0 Å². The molecule has 0 spiro atoms. The SMILES string of the molecule is CNCc1ccccc1S(=O)(=O)NC1CCOC1C1CC1. The third-order valence-corrected chi connectivity index (χ3v) is 5.75. The Labute approximate surface area is 126 Å². The Morgan fingerprint density at radius 2 is 2.00 bits per heavy atom. The van der Waals surface area contributed by atoms with Crippen molar-refractivity contribution in [2.45, 2.75) is 42.8 Å². The largest absolute Gasteiger partial charge is 0.376 e. The molecule has 5 nitrogen and oxygen atoms in total. The minimum absolute atomic E-state index is 0.0521. The van der Waals surface area contributed by atoms with Crippen molar-refractivity contribution in [1.82, 2.24) is 10.0 Å². The molecule has 0 amide bonds. The van der Waals surface area contributed by atoms with Gasteiger partial charge in [0.25, 0.3) is 0 Å². The van der Waals surface area contributed by atoms with E-state index in [9.17, 15) is 8.42 Å². The van der Waals surface area contributed by atoms with Crippen LogP contribution >= 0.6 is 0 Å². The molecule has 1 heterocycles. The molecule has 0 radical (unpaired) electrons. The lowest BCUT2D eigenvalue weighted by molar-refractivity contribution is 0.0848. The lowest BCUT2D eigenvalue weighted by Gasteiger charge is -2.20. The summed E-state index contributed by atoms with van der Waals surface area (Å²) in [7, 11) is -1.69. The molecule has 1 aliphatic heterocycles. The average Bonchev–Trinajstić information content (AvgIpc) is 3.20. The summed E-state index contributed by atoms with van der Waals surface area (Å²) in [5.74, 6) is 0.535. The smallest absolute Gasteiger partial charge is 0.241 e. The second-order valence-corrected chi connectivity index (χ2v) is 7.51. The molecule has 2 atom stereocenters. The maximum Gasteiger partial charge on any atom is 0.241 e. The minimum Gasteiger partial charge on any atom is -0.376 e. The summed E-state index contributed by atoms with van der Waals surface area (Å²) < 4.78 is 33.9. The van der Waals surface area contributed by atoms with Crippen LogP contribution in [0.15, 0.2) is 29.2 Å². The third kappa shape index (κ3) is 3.29. The Balaban J connectivity index is 1.80. The molecule has 116 valence electrons. The van der Waals surface area contributed by atoms with Gasteiger partial charge in [0.15, 0.2) is 0 Å². The Morgan fingerprint density at radius 1 is 1.24 bits per heavy atom. The van der Waals surface area contributed by atoms with Gasteiger partial charge in [-0.25, -0.2) is 13.1 Å². The molecule has 1 aliphatic carbocycles. The van der Waals surface area contributed by atoms with Gasteiger partial charge in [-0.15, -0.1) is 0 Å². The second kappa shape index (κ2) is 6.04. The van der Waals surface area contributed by atoms with E-state index in [1.807, 2.05) is 19.2 Å². The zero-order valence-electron chi connectivity index (χ0n) is 12.2. The molecule has 21 heavy (non-hydrogen) atoms. The van der Waals surface area contributed by atoms with Crippen LogP contribution in [0.2, 0.25) is 0 Å². The van der Waals surface area contributed by atoms with Gasteiger partial charge in [0.1, 0.15) is 0 Å². The zero-order chi connectivity index (χ0) is 14.9. The first kappa shape index (κ1) is 15.0. The van der Waals surface area contributed by atoms with Gasteiger partial charge >= 0.3 is 0 Å². The van der Waals surface area contributed by atoms with Crippen molar-refractivity contribution in [2.24, 2.45) is 5.92 Å². The molecule has 6 heteroatoms. The van der Waals surface area contributed by atoms with Gasteiger partial charge in [0.2, 0.25) is 10.0 Å². The van der Waals surface area contributed by atoms with E-state index in [1.165, 1.54) is 0 Å². The number of hydrogen-bond donors (Lipinski definition) is 2. The molecule has 1 saturated heterocycles. The molecule has 2 N–H and O–H groups in total. The van der Waals surface area contributed by atoms with Crippen LogP contribution in [0.4, 0.5) is 0 Å². The van der Waals surface area contributed by atoms with Crippen LogP contribution in [0.5, 0.6) is 0 Å². The van der Waals surface area contributed by atoms with Crippen LogP contribution in [0.1, 0.15) is 24.8 Å². The lowest BCUT2D eigenvalue weighted by Crippen LogP contribution is -2.41. The maximum atomic E-state index is 12.7. The van der Waals surface area contributed by atoms with E-state index in [4.69, 9.17) is 4.74 Å². The number of nitrogens with one attached hydrogen (secondary N) is 2. The summed E-state index contributed by atoms with van der Waals surface area (Å²) in [5.41, 5.74) is 0.786. The summed E-state index contributed by atoms with van der Waals surface area (Å²) in [5, 5.41) is 3.01. The Kier molecular flexibility index (Phi) is 4.31. The van der Waals surface area contributed by atoms with E-state index in [1.54, 1.807) is 12.1 Å². The van der Waals surface area contributed by atoms with E-state index in [2.05, 4.69) is 10.0 Å². The highest BCUT2D eigenvalue weighted by atomic mass is 32.2. The van der Waals surface area contributed by atoms with Crippen LogP contribution in [-0.2, 0) is 21.3 Å². The second-order valence-electron chi connectivity index (χ2n) is 5.83. The Hall–Kier alpha value is -0.950. The van der Waals surface area contributed by atoms with Gasteiger partial charge in [0, 0.05) is 13.2 Å². The Bertz CT molecular complexity index is 599. The quantitative estimate of drug-likeness (QED) is 0.830. The molecule has 2 fully saturated rings. The monoisotopic (exact) mass is 310 g/mol. The van der Waals surface area contributed by atoms with E-state index < -0.39 is 10.0 Å². The molecule has 1 saturated carbocycles. The summed E-state index contributed by atoms with van der Waals surface area (Å²) >= 11 is 0. The molecule has 1 aromatic rings. The number of rotatable bonds is 6. The normalized spacial score (nSPS) is 26.1. The van der Waals surface area contributed by atoms with Crippen LogP contribution in [0.3, 0.4) is 0 Å². The molecular formula is C15H22N2O3S. The van der Waals surface area contributed by atoms with Crippen molar-refractivity contribution in [3.63, 3.8) is 0 Å². The first-order valence-corrected chi connectivity index (χ1v) is 8.96. The predicted molar refractivity (Wildman–Crippen MR) is 80.4 cm³/mol. The van der Waals surface area contributed by atoms with Crippen LogP contribution in [0.25, 0.3) is 0 Å². The van der Waals surface area contributed by atoms with Gasteiger partial charge in [-0.2, -0.15) is 0 Å². The van der Waals surface area contributed by atoms with E-state index in [-0.39, 0.29) is 12.1 Å². The molecule has 2 unspecified atom stereocenters. The maximum absolute atomic E-state index is 12.7. The van der Waals surface area contributed by atoms with Gasteiger partial charge in [-0.1, -0.05) is 18.2 Å². The summed E-state index contributed by atoms with van der Waals surface area (Å²) in [6.07, 6.45) is 3.11. The Morgan fingerprint density at radius 3 is 2.71 bits per heavy atom. The van der Waals surface area contributed by atoms with E-state index >= 15 is 0 Å². The van der Waals surface area contributed by atoms with Crippen LogP contribution in [0, 0.1) is 5.92 Å². The minimum atomic E-state index is -3.51. The van der Waals surface area contributed by atoms with Crippen molar-refractivity contribution in [3.05, 3.63) is 29.8 Å². The highest BCUT2D eigenvalue weighted by Crippen LogP contribution is 2.39. The third-order valence-electron chi connectivity index (χ3n) is 4.16. The topological polar surface area (TPSA) is 67.4 Å². The number of benzene rings is 1. The standard InChI is InChI=1S/C15H22N2O3S/c1-16-10-12-4-2-3-5-14(12)21(18,19)17-13-8-9-20-15(13)11-6-7-11/h2-5,11,13,15-17H,6-10H2,1H3. The first-order chi connectivity index (χ1) is 10.1. The number of sulfonamides is 1. The molecular weight excluding hydrogens is 288 g/mol. The predicted octanol–water partition coefficient (Wildman–Crippen LogP) is 1.25. The van der Waals surface area contributed by atoms with Crippen LogP contribution < -0.4 is 10.0 Å². The highest BCUT2D eigenvalue weighted by molar-refractivity contribution is 7.89. The fourth-order valence-electron chi connectivity index (χ4n) is 2.99. The van der Waals surface area contributed by atoms with Crippen molar-refractivity contribution >= 4 is 10.0 Å². The van der Waals surface area contributed by atoms with Crippen molar-refractivity contribution < 1.29 is 13.2 Å². The van der Waals surface area contributed by atoms with Crippen LogP contribution in [-0.4, -0.2) is 34.2 Å². The lowest BCUT2D eigenvalue weighted by atomic mass is 10.1. The molecule has 1 aromatic carbocycles. The average molecular weight is 310 g/mol. The van der Waals surface area contributed by atoms with Gasteiger partial charge in [-0.05, 0) is 43.9 Å². The van der Waals surface area contributed by atoms with Gasteiger partial charge < -0.3 is 10.1 Å². The molecule has 3 rings (SSSR count). The number of hydrogen-bond acceptors (Lipinski definition) is 4. The fourth-order valence-corrected chi connectivity index (χ4v) is 4.51. The van der Waals surface area contributed by atoms with Gasteiger partial charge in [0.05, 0.1) is 17.0 Å². The number of ether oxygens (including phenoxy) is 1. The summed E-state index contributed by atoms with van der Waals surface area (Å²) in [6.45, 7) is 1.18. The fraction of sp³-hybridized carbons (Fsp3) is 0.600.